The highest BCUT2D eigenvalue weighted by atomic mass is 32.2. The first-order chi connectivity index (χ1) is 12.1. The summed E-state index contributed by atoms with van der Waals surface area (Å²) in [7, 11) is 0. The Kier molecular flexibility index (Phi) is 5.47. The minimum atomic E-state index is -0.374. The smallest absolute Gasteiger partial charge is 0.234 e. The fraction of sp³-hybridized carbons (Fsp3) is 0.167. The van der Waals surface area contributed by atoms with E-state index in [0.29, 0.717) is 11.0 Å². The van der Waals surface area contributed by atoms with Gasteiger partial charge in [-0.1, -0.05) is 59.8 Å². The van der Waals surface area contributed by atoms with Crippen LogP contribution in [0.3, 0.4) is 0 Å². The number of para-hydroxylation sites is 1. The van der Waals surface area contributed by atoms with E-state index in [1.807, 2.05) is 61.5 Å². The normalized spacial score (nSPS) is 11.9. The van der Waals surface area contributed by atoms with Crippen molar-refractivity contribution >= 4 is 23.4 Å². The van der Waals surface area contributed by atoms with Crippen molar-refractivity contribution in [2.24, 2.45) is 5.73 Å². The van der Waals surface area contributed by atoms with E-state index in [1.165, 1.54) is 17.3 Å². The summed E-state index contributed by atoms with van der Waals surface area (Å²) in [6.07, 6.45) is 0. The number of anilines is 1. The average Bonchev–Trinajstić information content (AvgIpc) is 3.10. The van der Waals surface area contributed by atoms with Crippen molar-refractivity contribution in [1.82, 2.24) is 15.2 Å². The standard InChI is InChI=1S/C18H19N5OS/c1-12-7-9-13(10-8-12)16(19)17-21-18(23-22-17)25-11-15(24)20-14-5-3-2-4-6-14/h2-10,16H,11,19H2,1H3,(H,20,24)(H,21,22,23). The van der Waals surface area contributed by atoms with Crippen LogP contribution >= 0.6 is 11.8 Å². The molecule has 1 unspecified atom stereocenters. The van der Waals surface area contributed by atoms with Crippen LogP contribution in [0.4, 0.5) is 5.69 Å². The summed E-state index contributed by atoms with van der Waals surface area (Å²) in [6.45, 7) is 2.03. The lowest BCUT2D eigenvalue weighted by Crippen LogP contribution is -2.14. The van der Waals surface area contributed by atoms with E-state index in [4.69, 9.17) is 5.73 Å². The van der Waals surface area contributed by atoms with Gasteiger partial charge in [-0.2, -0.15) is 0 Å². The third-order valence-corrected chi connectivity index (χ3v) is 4.45. The molecule has 0 radical (unpaired) electrons. The molecule has 4 N–H and O–H groups in total. The second-order valence-corrected chi connectivity index (χ2v) is 6.54. The van der Waals surface area contributed by atoms with Gasteiger partial charge in [0.2, 0.25) is 11.1 Å². The van der Waals surface area contributed by atoms with Crippen molar-refractivity contribution in [1.29, 1.82) is 0 Å². The average molecular weight is 353 g/mol. The molecule has 128 valence electrons. The number of aromatic nitrogens is 3. The van der Waals surface area contributed by atoms with Gasteiger partial charge in [0.15, 0.2) is 0 Å². The van der Waals surface area contributed by atoms with Crippen LogP contribution in [0.25, 0.3) is 0 Å². The molecule has 0 aliphatic heterocycles. The predicted molar refractivity (Wildman–Crippen MR) is 99.4 cm³/mol. The summed E-state index contributed by atoms with van der Waals surface area (Å²) in [5.74, 6) is 0.701. The molecule has 1 atom stereocenters. The summed E-state index contributed by atoms with van der Waals surface area (Å²) in [5.41, 5.74) is 9.12. The third kappa shape index (κ3) is 4.68. The predicted octanol–water partition coefficient (Wildman–Crippen LogP) is 2.89. The van der Waals surface area contributed by atoms with E-state index in [-0.39, 0.29) is 17.7 Å². The number of carbonyl (C=O) groups excluding carboxylic acids is 1. The maximum Gasteiger partial charge on any atom is 0.234 e. The number of hydrogen-bond donors (Lipinski definition) is 3. The number of amides is 1. The van der Waals surface area contributed by atoms with Gasteiger partial charge < -0.3 is 11.1 Å². The Morgan fingerprint density at radius 2 is 1.92 bits per heavy atom. The number of benzene rings is 2. The van der Waals surface area contributed by atoms with E-state index >= 15 is 0 Å². The van der Waals surface area contributed by atoms with Crippen molar-refractivity contribution in [3.05, 3.63) is 71.5 Å². The number of nitrogens with two attached hydrogens (primary N) is 1. The molecule has 2 aromatic carbocycles. The molecule has 0 saturated carbocycles. The van der Waals surface area contributed by atoms with E-state index in [9.17, 15) is 4.79 Å². The highest BCUT2D eigenvalue weighted by Gasteiger charge is 2.15. The molecule has 0 aliphatic rings. The summed E-state index contributed by atoms with van der Waals surface area (Å²) < 4.78 is 0. The van der Waals surface area contributed by atoms with Gasteiger partial charge in [0.1, 0.15) is 5.82 Å². The van der Waals surface area contributed by atoms with E-state index in [1.54, 1.807) is 0 Å². The van der Waals surface area contributed by atoms with Crippen LogP contribution in [0.5, 0.6) is 0 Å². The molecule has 3 aromatic rings. The molecule has 25 heavy (non-hydrogen) atoms. The van der Waals surface area contributed by atoms with Crippen LogP contribution in [0.15, 0.2) is 59.8 Å². The van der Waals surface area contributed by atoms with Gasteiger partial charge in [0.05, 0.1) is 11.8 Å². The molecule has 0 fully saturated rings. The fourth-order valence-electron chi connectivity index (χ4n) is 2.24. The van der Waals surface area contributed by atoms with Crippen molar-refractivity contribution in [3.8, 4) is 0 Å². The molecule has 1 amide bonds. The highest BCUT2D eigenvalue weighted by Crippen LogP contribution is 2.20. The lowest BCUT2D eigenvalue weighted by Gasteiger charge is -2.08. The highest BCUT2D eigenvalue weighted by molar-refractivity contribution is 7.99. The van der Waals surface area contributed by atoms with E-state index < -0.39 is 0 Å². The Balaban J connectivity index is 1.56. The van der Waals surface area contributed by atoms with Crippen LogP contribution < -0.4 is 11.1 Å². The van der Waals surface area contributed by atoms with E-state index in [2.05, 4.69) is 20.5 Å². The topological polar surface area (TPSA) is 96.7 Å². The molecular weight excluding hydrogens is 334 g/mol. The Labute approximate surface area is 150 Å². The van der Waals surface area contributed by atoms with Crippen molar-refractivity contribution in [2.45, 2.75) is 18.1 Å². The number of hydrogen-bond acceptors (Lipinski definition) is 5. The first-order valence-electron chi connectivity index (χ1n) is 7.84. The van der Waals surface area contributed by atoms with Crippen molar-refractivity contribution < 1.29 is 4.79 Å². The molecule has 0 saturated heterocycles. The number of aryl methyl sites for hydroxylation is 1. The largest absolute Gasteiger partial charge is 0.325 e. The number of rotatable bonds is 6. The quantitative estimate of drug-likeness (QED) is 0.592. The molecule has 3 rings (SSSR count). The molecule has 0 spiro atoms. The SMILES string of the molecule is Cc1ccc(C(N)c2nc(SCC(=O)Nc3ccccc3)n[nH]2)cc1. The van der Waals surface area contributed by atoms with Gasteiger partial charge in [-0.05, 0) is 24.6 Å². The van der Waals surface area contributed by atoms with Gasteiger partial charge >= 0.3 is 0 Å². The van der Waals surface area contributed by atoms with Crippen LogP contribution in [0, 0.1) is 6.92 Å². The lowest BCUT2D eigenvalue weighted by molar-refractivity contribution is -0.113. The molecular formula is C18H19N5OS. The summed E-state index contributed by atoms with van der Waals surface area (Å²) in [4.78, 5) is 16.3. The number of nitrogens with zero attached hydrogens (tertiary/aromatic N) is 2. The molecule has 1 heterocycles. The van der Waals surface area contributed by atoms with Gasteiger partial charge in [-0.25, -0.2) is 4.98 Å². The zero-order valence-corrected chi connectivity index (χ0v) is 14.6. The molecule has 1 aromatic heterocycles. The molecule has 7 heteroatoms. The summed E-state index contributed by atoms with van der Waals surface area (Å²) >= 11 is 1.26. The maximum atomic E-state index is 12.0. The number of nitrogens with one attached hydrogen (secondary N) is 2. The molecule has 0 aliphatic carbocycles. The first-order valence-corrected chi connectivity index (χ1v) is 8.82. The zero-order valence-electron chi connectivity index (χ0n) is 13.8. The van der Waals surface area contributed by atoms with Crippen molar-refractivity contribution in [2.75, 3.05) is 11.1 Å². The second-order valence-electron chi connectivity index (χ2n) is 5.59. The van der Waals surface area contributed by atoms with Crippen molar-refractivity contribution in [3.63, 3.8) is 0 Å². The number of H-pyrrole nitrogens is 1. The van der Waals surface area contributed by atoms with Gasteiger partial charge in [0, 0.05) is 5.69 Å². The van der Waals surface area contributed by atoms with Gasteiger partial charge in [-0.3, -0.25) is 9.89 Å². The maximum absolute atomic E-state index is 12.0. The Bertz CT molecular complexity index is 832. The summed E-state index contributed by atoms with van der Waals surface area (Å²) in [5, 5.41) is 10.3. The Hall–Kier alpha value is -2.64. The number of carbonyl (C=O) groups is 1. The Morgan fingerprint density at radius 1 is 1.20 bits per heavy atom. The first kappa shape index (κ1) is 17.2. The number of thioether (sulfide) groups is 1. The lowest BCUT2D eigenvalue weighted by atomic mass is 10.1. The van der Waals surface area contributed by atoms with Crippen LogP contribution in [0.2, 0.25) is 0 Å². The monoisotopic (exact) mass is 353 g/mol. The molecule has 6 nitrogen and oxygen atoms in total. The minimum Gasteiger partial charge on any atom is -0.325 e. The Morgan fingerprint density at radius 3 is 2.64 bits per heavy atom. The molecule has 0 bridgehead atoms. The van der Waals surface area contributed by atoms with Crippen LogP contribution in [-0.4, -0.2) is 26.8 Å². The van der Waals surface area contributed by atoms with Gasteiger partial charge in [-0.15, -0.1) is 5.10 Å². The van der Waals surface area contributed by atoms with Gasteiger partial charge in [0.25, 0.3) is 0 Å². The van der Waals surface area contributed by atoms with Crippen LogP contribution in [-0.2, 0) is 4.79 Å². The van der Waals surface area contributed by atoms with Crippen LogP contribution in [0.1, 0.15) is 23.0 Å². The number of aromatic amines is 1. The summed E-state index contributed by atoms with van der Waals surface area (Å²) in [6, 6.07) is 16.9. The third-order valence-electron chi connectivity index (χ3n) is 3.60. The zero-order chi connectivity index (χ0) is 17.6. The second kappa shape index (κ2) is 7.96. The fourth-order valence-corrected chi connectivity index (χ4v) is 2.85. The minimum absolute atomic E-state index is 0.106. The van der Waals surface area contributed by atoms with E-state index in [0.717, 1.165) is 11.3 Å².